The molecule has 0 saturated heterocycles. The molecule has 5 heteroatoms. The number of aromatic hydroxyl groups is 1. The molecule has 0 bridgehead atoms. The lowest BCUT2D eigenvalue weighted by Crippen LogP contribution is -2.29. The van der Waals surface area contributed by atoms with E-state index in [0.717, 1.165) is 37.6 Å². The summed E-state index contributed by atoms with van der Waals surface area (Å²) < 4.78 is 2.05. The third-order valence-electron chi connectivity index (χ3n) is 3.64. The van der Waals surface area contributed by atoms with Crippen LogP contribution in [0.4, 0.5) is 0 Å². The molecule has 0 atom stereocenters. The molecule has 20 heavy (non-hydrogen) atoms. The van der Waals surface area contributed by atoms with Crippen LogP contribution < -0.4 is 5.43 Å². The second-order valence-corrected chi connectivity index (χ2v) is 5.36. The van der Waals surface area contributed by atoms with Crippen molar-refractivity contribution in [2.45, 2.75) is 33.9 Å². The highest BCUT2D eigenvalue weighted by atomic mass is 16.3. The summed E-state index contributed by atoms with van der Waals surface area (Å²) in [5, 5.41) is 10.1. The SMILES string of the molecule is CCN(CC)Cc1c(O)c(=O)cc(C)n1CCN(C)C. The number of aromatic nitrogens is 1. The molecular weight excluding hydrogens is 254 g/mol. The molecule has 0 aliphatic heterocycles. The average Bonchev–Trinajstić information content (AvgIpc) is 2.40. The molecule has 0 aliphatic carbocycles. The Kier molecular flexibility index (Phi) is 6.23. The van der Waals surface area contributed by atoms with Gasteiger partial charge < -0.3 is 14.6 Å². The van der Waals surface area contributed by atoms with E-state index in [0.29, 0.717) is 6.54 Å². The van der Waals surface area contributed by atoms with Crippen LogP contribution in [0.1, 0.15) is 25.2 Å². The number of aryl methyl sites for hydroxylation is 1. The van der Waals surface area contributed by atoms with E-state index in [1.807, 2.05) is 21.0 Å². The first kappa shape index (κ1) is 16.7. The molecule has 0 radical (unpaired) electrons. The van der Waals surface area contributed by atoms with Crippen molar-refractivity contribution in [3.63, 3.8) is 0 Å². The monoisotopic (exact) mass is 281 g/mol. The molecule has 0 saturated carbocycles. The minimum atomic E-state index is -0.286. The predicted octanol–water partition coefficient (Wildman–Crippen LogP) is 1.27. The van der Waals surface area contributed by atoms with Crippen molar-refractivity contribution in [3.8, 4) is 5.75 Å². The Balaban J connectivity index is 3.18. The molecule has 1 N–H and O–H groups in total. The van der Waals surface area contributed by atoms with Gasteiger partial charge in [0.05, 0.1) is 5.69 Å². The normalized spacial score (nSPS) is 11.6. The van der Waals surface area contributed by atoms with Crippen LogP contribution in [0.2, 0.25) is 0 Å². The number of hydrogen-bond donors (Lipinski definition) is 1. The summed E-state index contributed by atoms with van der Waals surface area (Å²) in [6, 6.07) is 1.51. The highest BCUT2D eigenvalue weighted by molar-refractivity contribution is 5.29. The van der Waals surface area contributed by atoms with Gasteiger partial charge in [0.2, 0.25) is 5.43 Å². The van der Waals surface area contributed by atoms with Crippen LogP contribution in [-0.2, 0) is 13.1 Å². The van der Waals surface area contributed by atoms with E-state index in [2.05, 4.69) is 28.2 Å². The summed E-state index contributed by atoms with van der Waals surface area (Å²) in [6.07, 6.45) is 0. The molecule has 0 aromatic carbocycles. The average molecular weight is 281 g/mol. The summed E-state index contributed by atoms with van der Waals surface area (Å²) in [4.78, 5) is 16.1. The number of hydrogen-bond acceptors (Lipinski definition) is 4. The number of nitrogens with zero attached hydrogens (tertiary/aromatic N) is 3. The second kappa shape index (κ2) is 7.45. The highest BCUT2D eigenvalue weighted by Crippen LogP contribution is 2.16. The van der Waals surface area contributed by atoms with E-state index in [1.54, 1.807) is 0 Å². The maximum atomic E-state index is 11.8. The predicted molar refractivity (Wildman–Crippen MR) is 82.3 cm³/mol. The Morgan fingerprint density at radius 1 is 1.25 bits per heavy atom. The van der Waals surface area contributed by atoms with Gasteiger partial charge in [-0.05, 0) is 34.1 Å². The van der Waals surface area contributed by atoms with Crippen LogP contribution in [0.25, 0.3) is 0 Å². The first-order chi connectivity index (χ1) is 9.40. The van der Waals surface area contributed by atoms with Gasteiger partial charge in [-0.1, -0.05) is 13.8 Å². The highest BCUT2D eigenvalue weighted by Gasteiger charge is 2.15. The fourth-order valence-electron chi connectivity index (χ4n) is 2.25. The Bertz CT molecular complexity index is 491. The summed E-state index contributed by atoms with van der Waals surface area (Å²) in [5.41, 5.74) is 1.34. The Hall–Kier alpha value is -1.33. The summed E-state index contributed by atoms with van der Waals surface area (Å²) in [5.74, 6) is -0.110. The van der Waals surface area contributed by atoms with Crippen molar-refractivity contribution < 1.29 is 5.11 Å². The Labute approximate surface area is 121 Å². The molecule has 0 aliphatic rings. The molecule has 0 spiro atoms. The van der Waals surface area contributed by atoms with Gasteiger partial charge in [-0.2, -0.15) is 0 Å². The molecule has 1 aromatic heterocycles. The van der Waals surface area contributed by atoms with Crippen LogP contribution in [0.5, 0.6) is 5.75 Å². The fraction of sp³-hybridized carbons (Fsp3) is 0.667. The lowest BCUT2D eigenvalue weighted by molar-refractivity contribution is 0.275. The summed E-state index contributed by atoms with van der Waals surface area (Å²) >= 11 is 0. The van der Waals surface area contributed by atoms with Gasteiger partial charge in [-0.25, -0.2) is 0 Å². The standard InChI is InChI=1S/C15H27N3O2/c1-6-17(7-2)11-13-15(20)14(19)10-12(3)18(13)9-8-16(4)5/h10,20H,6-9,11H2,1-5H3. The van der Waals surface area contributed by atoms with Gasteiger partial charge in [0.25, 0.3) is 0 Å². The summed E-state index contributed by atoms with van der Waals surface area (Å²) in [6.45, 7) is 10.1. The smallest absolute Gasteiger partial charge is 0.223 e. The van der Waals surface area contributed by atoms with Crippen LogP contribution in [0.3, 0.4) is 0 Å². The van der Waals surface area contributed by atoms with E-state index >= 15 is 0 Å². The fourth-order valence-corrected chi connectivity index (χ4v) is 2.25. The lowest BCUT2D eigenvalue weighted by atomic mass is 10.2. The van der Waals surface area contributed by atoms with Gasteiger partial charge in [0.1, 0.15) is 0 Å². The van der Waals surface area contributed by atoms with Crippen LogP contribution in [-0.4, -0.2) is 53.2 Å². The number of likely N-dealkylation sites (N-methyl/N-ethyl adjacent to an activating group) is 1. The van der Waals surface area contributed by atoms with Gasteiger partial charge in [0, 0.05) is 31.4 Å². The number of pyridine rings is 1. The zero-order chi connectivity index (χ0) is 15.3. The third-order valence-corrected chi connectivity index (χ3v) is 3.64. The molecule has 5 nitrogen and oxygen atoms in total. The van der Waals surface area contributed by atoms with Crippen molar-refractivity contribution in [1.82, 2.24) is 14.4 Å². The van der Waals surface area contributed by atoms with Crippen molar-refractivity contribution in [3.05, 3.63) is 27.7 Å². The van der Waals surface area contributed by atoms with E-state index in [-0.39, 0.29) is 11.2 Å². The maximum absolute atomic E-state index is 11.8. The molecule has 1 heterocycles. The van der Waals surface area contributed by atoms with Crippen molar-refractivity contribution >= 4 is 0 Å². The number of rotatable bonds is 7. The minimum Gasteiger partial charge on any atom is -0.503 e. The van der Waals surface area contributed by atoms with Crippen molar-refractivity contribution in [2.75, 3.05) is 33.7 Å². The molecule has 1 rings (SSSR count). The van der Waals surface area contributed by atoms with Gasteiger partial charge in [-0.15, -0.1) is 0 Å². The van der Waals surface area contributed by atoms with Crippen molar-refractivity contribution in [2.24, 2.45) is 0 Å². The van der Waals surface area contributed by atoms with E-state index < -0.39 is 0 Å². The van der Waals surface area contributed by atoms with Crippen molar-refractivity contribution in [1.29, 1.82) is 0 Å². The Morgan fingerprint density at radius 2 is 1.85 bits per heavy atom. The van der Waals surface area contributed by atoms with Gasteiger partial charge >= 0.3 is 0 Å². The molecular formula is C15H27N3O2. The molecule has 1 aromatic rings. The second-order valence-electron chi connectivity index (χ2n) is 5.36. The van der Waals surface area contributed by atoms with Gasteiger partial charge in [-0.3, -0.25) is 9.69 Å². The van der Waals surface area contributed by atoms with E-state index in [4.69, 9.17) is 0 Å². The molecule has 114 valence electrons. The van der Waals surface area contributed by atoms with Crippen LogP contribution >= 0.6 is 0 Å². The summed E-state index contributed by atoms with van der Waals surface area (Å²) in [7, 11) is 4.03. The Morgan fingerprint density at radius 3 is 2.35 bits per heavy atom. The molecule has 0 unspecified atom stereocenters. The van der Waals surface area contributed by atoms with Crippen LogP contribution in [0, 0.1) is 6.92 Å². The third kappa shape index (κ3) is 4.08. The zero-order valence-corrected chi connectivity index (χ0v) is 13.3. The van der Waals surface area contributed by atoms with Gasteiger partial charge in [0.15, 0.2) is 5.75 Å². The molecule has 0 amide bonds. The first-order valence-corrected chi connectivity index (χ1v) is 7.20. The lowest BCUT2D eigenvalue weighted by Gasteiger charge is -2.24. The quantitative estimate of drug-likeness (QED) is 0.817. The zero-order valence-electron chi connectivity index (χ0n) is 13.3. The van der Waals surface area contributed by atoms with Crippen LogP contribution in [0.15, 0.2) is 10.9 Å². The molecule has 0 fully saturated rings. The maximum Gasteiger partial charge on any atom is 0.223 e. The largest absolute Gasteiger partial charge is 0.503 e. The van der Waals surface area contributed by atoms with E-state index in [1.165, 1.54) is 6.07 Å². The first-order valence-electron chi connectivity index (χ1n) is 7.20. The topological polar surface area (TPSA) is 48.7 Å². The van der Waals surface area contributed by atoms with E-state index in [9.17, 15) is 9.90 Å². The minimum absolute atomic E-state index is 0.110.